The Bertz CT molecular complexity index is 967. The van der Waals surface area contributed by atoms with Crippen LogP contribution in [0.5, 0.6) is 0 Å². The highest BCUT2D eigenvalue weighted by molar-refractivity contribution is 6.00. The molecule has 4 heterocycles. The van der Waals surface area contributed by atoms with Crippen LogP contribution < -0.4 is 0 Å². The Balaban J connectivity index is 1.50. The number of aryl methyl sites for hydroxylation is 2. The molecule has 0 N–H and O–H groups in total. The number of furan rings is 1. The summed E-state index contributed by atoms with van der Waals surface area (Å²) in [5.41, 5.74) is 1.95. The smallest absolute Gasteiger partial charge is 0.259 e. The van der Waals surface area contributed by atoms with E-state index in [1.54, 1.807) is 33.5 Å². The van der Waals surface area contributed by atoms with E-state index >= 15 is 0 Å². The predicted molar refractivity (Wildman–Crippen MR) is 94.0 cm³/mol. The molecule has 0 aromatic carbocycles. The van der Waals surface area contributed by atoms with E-state index in [0.29, 0.717) is 43.1 Å². The maximum Gasteiger partial charge on any atom is 0.259 e. The first-order valence-electron chi connectivity index (χ1n) is 8.67. The molecule has 136 valence electrons. The predicted octanol–water partition coefficient (Wildman–Crippen LogP) is 1.56. The van der Waals surface area contributed by atoms with Gasteiger partial charge >= 0.3 is 0 Å². The standard InChI is InChI=1S/C18H21N5O3/c1-13-14(4-11-26-13)17(24)21-5-3-6-22(9-8-21)18(25)15-12-19-23-10-7-20(2)16(15)23/h4,7,10-12H,3,5-6,8-9H2,1-2H3. The molecule has 8 nitrogen and oxygen atoms in total. The molecule has 0 bridgehead atoms. The topological polar surface area (TPSA) is 76.0 Å². The summed E-state index contributed by atoms with van der Waals surface area (Å²) in [5, 5.41) is 4.24. The Kier molecular flexibility index (Phi) is 4.02. The first-order chi connectivity index (χ1) is 12.6. The third-order valence-electron chi connectivity index (χ3n) is 4.92. The van der Waals surface area contributed by atoms with Crippen molar-refractivity contribution in [3.8, 4) is 0 Å². The van der Waals surface area contributed by atoms with Gasteiger partial charge in [0.2, 0.25) is 0 Å². The Morgan fingerprint density at radius 3 is 2.38 bits per heavy atom. The zero-order valence-corrected chi connectivity index (χ0v) is 14.9. The van der Waals surface area contributed by atoms with Crippen molar-refractivity contribution in [2.24, 2.45) is 7.05 Å². The van der Waals surface area contributed by atoms with Crippen molar-refractivity contribution in [1.82, 2.24) is 24.0 Å². The van der Waals surface area contributed by atoms with Gasteiger partial charge in [-0.15, -0.1) is 0 Å². The molecule has 0 radical (unpaired) electrons. The molecule has 0 atom stereocenters. The molecule has 3 aromatic rings. The second-order valence-electron chi connectivity index (χ2n) is 6.56. The maximum absolute atomic E-state index is 13.0. The van der Waals surface area contributed by atoms with Crippen molar-refractivity contribution < 1.29 is 14.0 Å². The molecule has 1 aliphatic heterocycles. The van der Waals surface area contributed by atoms with Gasteiger partial charge in [0.1, 0.15) is 17.0 Å². The number of aromatic nitrogens is 3. The molecule has 3 aromatic heterocycles. The number of nitrogens with zero attached hydrogens (tertiary/aromatic N) is 5. The lowest BCUT2D eigenvalue weighted by atomic mass is 10.2. The highest BCUT2D eigenvalue weighted by Crippen LogP contribution is 2.17. The molecule has 4 rings (SSSR count). The SMILES string of the molecule is Cc1occc1C(=O)N1CCCN(C(=O)c2cnn3ccn(C)c23)CC1. The lowest BCUT2D eigenvalue weighted by Gasteiger charge is -2.22. The molecule has 1 fully saturated rings. The summed E-state index contributed by atoms with van der Waals surface area (Å²) in [6.07, 6.45) is 7.57. The highest BCUT2D eigenvalue weighted by atomic mass is 16.3. The van der Waals surface area contributed by atoms with E-state index in [-0.39, 0.29) is 11.8 Å². The molecular formula is C18H21N5O3. The van der Waals surface area contributed by atoms with Crippen LogP contribution in [0.15, 0.2) is 35.3 Å². The van der Waals surface area contributed by atoms with Crippen LogP contribution >= 0.6 is 0 Å². The van der Waals surface area contributed by atoms with Crippen LogP contribution in [-0.2, 0) is 7.05 Å². The van der Waals surface area contributed by atoms with Crippen LogP contribution in [0.2, 0.25) is 0 Å². The Labute approximate surface area is 150 Å². The van der Waals surface area contributed by atoms with Gasteiger partial charge in [0.05, 0.1) is 18.0 Å². The van der Waals surface area contributed by atoms with Crippen LogP contribution in [0.4, 0.5) is 0 Å². The third-order valence-corrected chi connectivity index (χ3v) is 4.92. The van der Waals surface area contributed by atoms with Crippen LogP contribution in [0.25, 0.3) is 5.65 Å². The number of carbonyl (C=O) groups is 2. The van der Waals surface area contributed by atoms with Gasteiger partial charge in [-0.1, -0.05) is 0 Å². The number of hydrogen-bond donors (Lipinski definition) is 0. The van der Waals surface area contributed by atoms with E-state index in [0.717, 1.165) is 12.1 Å². The average Bonchev–Trinajstić information content (AvgIpc) is 3.28. The summed E-state index contributed by atoms with van der Waals surface area (Å²) < 4.78 is 8.82. The number of carbonyl (C=O) groups excluding carboxylic acids is 2. The van der Waals surface area contributed by atoms with Crippen molar-refractivity contribution in [2.75, 3.05) is 26.2 Å². The zero-order chi connectivity index (χ0) is 18.3. The Morgan fingerprint density at radius 1 is 1.04 bits per heavy atom. The van der Waals surface area contributed by atoms with Crippen LogP contribution in [0.1, 0.15) is 32.9 Å². The second kappa shape index (κ2) is 6.36. The van der Waals surface area contributed by atoms with Gasteiger partial charge in [-0.2, -0.15) is 5.10 Å². The molecule has 1 aliphatic rings. The van der Waals surface area contributed by atoms with E-state index in [4.69, 9.17) is 4.42 Å². The normalized spacial score (nSPS) is 15.5. The number of rotatable bonds is 2. The van der Waals surface area contributed by atoms with E-state index < -0.39 is 0 Å². The molecule has 0 aliphatic carbocycles. The van der Waals surface area contributed by atoms with Gasteiger partial charge in [-0.25, -0.2) is 4.52 Å². The minimum atomic E-state index is -0.0457. The average molecular weight is 355 g/mol. The lowest BCUT2D eigenvalue weighted by Crippen LogP contribution is -2.37. The van der Waals surface area contributed by atoms with E-state index in [2.05, 4.69) is 5.10 Å². The van der Waals surface area contributed by atoms with Crippen molar-refractivity contribution in [3.63, 3.8) is 0 Å². The third kappa shape index (κ3) is 2.67. The van der Waals surface area contributed by atoms with Gasteiger partial charge < -0.3 is 18.8 Å². The Morgan fingerprint density at radius 2 is 1.73 bits per heavy atom. The summed E-state index contributed by atoms with van der Waals surface area (Å²) in [5.74, 6) is 0.537. The molecule has 8 heteroatoms. The first kappa shape index (κ1) is 16.4. The highest BCUT2D eigenvalue weighted by Gasteiger charge is 2.26. The van der Waals surface area contributed by atoms with Gasteiger partial charge in [0, 0.05) is 45.6 Å². The van der Waals surface area contributed by atoms with Gasteiger partial charge in [-0.3, -0.25) is 9.59 Å². The van der Waals surface area contributed by atoms with Gasteiger partial charge in [0.25, 0.3) is 11.8 Å². The van der Waals surface area contributed by atoms with E-state index in [9.17, 15) is 9.59 Å². The lowest BCUT2D eigenvalue weighted by molar-refractivity contribution is 0.0718. The van der Waals surface area contributed by atoms with Crippen LogP contribution in [-0.4, -0.2) is 62.0 Å². The zero-order valence-electron chi connectivity index (χ0n) is 14.9. The van der Waals surface area contributed by atoms with Gasteiger partial charge in [0.15, 0.2) is 0 Å². The fourth-order valence-electron chi connectivity index (χ4n) is 3.47. The molecule has 0 saturated carbocycles. The summed E-state index contributed by atoms with van der Waals surface area (Å²) in [7, 11) is 1.89. The quantitative estimate of drug-likeness (QED) is 0.699. The van der Waals surface area contributed by atoms with Crippen molar-refractivity contribution >= 4 is 17.5 Å². The first-order valence-corrected chi connectivity index (χ1v) is 8.67. The minimum Gasteiger partial charge on any atom is -0.469 e. The maximum atomic E-state index is 13.0. The summed E-state index contributed by atoms with van der Waals surface area (Å²) >= 11 is 0. The molecule has 2 amide bonds. The molecule has 0 spiro atoms. The van der Waals surface area contributed by atoms with Crippen LogP contribution in [0.3, 0.4) is 0 Å². The summed E-state index contributed by atoms with van der Waals surface area (Å²) in [6.45, 7) is 4.04. The van der Waals surface area contributed by atoms with Crippen molar-refractivity contribution in [1.29, 1.82) is 0 Å². The number of amides is 2. The number of fused-ring (bicyclic) bond motifs is 1. The fraction of sp³-hybridized carbons (Fsp3) is 0.389. The molecular weight excluding hydrogens is 334 g/mol. The van der Waals surface area contributed by atoms with Crippen molar-refractivity contribution in [2.45, 2.75) is 13.3 Å². The second-order valence-corrected chi connectivity index (χ2v) is 6.56. The van der Waals surface area contributed by atoms with E-state index in [1.807, 2.05) is 24.0 Å². The summed E-state index contributed by atoms with van der Waals surface area (Å²) in [6, 6.07) is 1.70. The largest absolute Gasteiger partial charge is 0.469 e. The van der Waals surface area contributed by atoms with Crippen molar-refractivity contribution in [3.05, 3.63) is 47.8 Å². The van der Waals surface area contributed by atoms with Crippen LogP contribution in [0, 0.1) is 6.92 Å². The molecule has 1 saturated heterocycles. The molecule has 0 unspecified atom stereocenters. The summed E-state index contributed by atoms with van der Waals surface area (Å²) in [4.78, 5) is 29.2. The fourth-order valence-corrected chi connectivity index (χ4v) is 3.47. The monoisotopic (exact) mass is 355 g/mol. The minimum absolute atomic E-state index is 0.0408. The van der Waals surface area contributed by atoms with E-state index in [1.165, 1.54) is 6.26 Å². The number of imidazole rings is 1. The Hall–Kier alpha value is -3.03. The molecule has 26 heavy (non-hydrogen) atoms. The van der Waals surface area contributed by atoms with Gasteiger partial charge in [-0.05, 0) is 19.4 Å². The number of hydrogen-bond acceptors (Lipinski definition) is 4.